The molecule has 0 aliphatic carbocycles. The number of likely N-dealkylation sites (N-methyl/N-ethyl adjacent to an activating group) is 1. The molecule has 0 saturated carbocycles. The minimum absolute atomic E-state index is 0.108. The zero-order chi connectivity index (χ0) is 22.4. The Kier molecular flexibility index (Phi) is 6.79. The maximum Gasteiger partial charge on any atom is 0.271 e. The average Bonchev–Trinajstić information content (AvgIpc) is 3.28. The van der Waals surface area contributed by atoms with Crippen molar-refractivity contribution < 1.29 is 9.53 Å². The first kappa shape index (κ1) is 22.1. The summed E-state index contributed by atoms with van der Waals surface area (Å²) in [5, 5.41) is 4.55. The fraction of sp³-hybridized carbons (Fsp3) is 0.348. The van der Waals surface area contributed by atoms with Crippen molar-refractivity contribution in [3.05, 3.63) is 65.2 Å². The summed E-state index contributed by atoms with van der Waals surface area (Å²) in [6.45, 7) is 7.45. The van der Waals surface area contributed by atoms with E-state index in [0.717, 1.165) is 17.0 Å². The SMILES string of the molecule is CCN(CCOc1ccc(-c2ccn(C(C)(CC)C(N)=O)n2)cc1)c1ccc[nH]c1=O. The predicted molar refractivity (Wildman–Crippen MR) is 121 cm³/mol. The van der Waals surface area contributed by atoms with Gasteiger partial charge in [0, 0.05) is 24.5 Å². The second-order valence-corrected chi connectivity index (χ2v) is 7.47. The first-order valence-corrected chi connectivity index (χ1v) is 10.4. The molecule has 0 fully saturated rings. The third-order valence-corrected chi connectivity index (χ3v) is 5.61. The number of pyridine rings is 1. The predicted octanol–water partition coefficient (Wildman–Crippen LogP) is 2.75. The van der Waals surface area contributed by atoms with Gasteiger partial charge in [0.15, 0.2) is 0 Å². The average molecular weight is 424 g/mol. The lowest BCUT2D eigenvalue weighted by Crippen LogP contribution is -2.43. The molecule has 1 aromatic carbocycles. The Morgan fingerprint density at radius 3 is 2.58 bits per heavy atom. The topological polar surface area (TPSA) is 106 Å². The van der Waals surface area contributed by atoms with E-state index in [1.807, 2.05) is 55.1 Å². The summed E-state index contributed by atoms with van der Waals surface area (Å²) in [6, 6.07) is 13.1. The lowest BCUT2D eigenvalue weighted by atomic mass is 9.99. The fourth-order valence-corrected chi connectivity index (χ4v) is 3.31. The van der Waals surface area contributed by atoms with E-state index >= 15 is 0 Å². The number of H-pyrrole nitrogens is 1. The van der Waals surface area contributed by atoms with Crippen molar-refractivity contribution in [2.24, 2.45) is 5.73 Å². The molecule has 164 valence electrons. The van der Waals surface area contributed by atoms with Gasteiger partial charge in [-0.1, -0.05) is 6.92 Å². The number of nitrogens with two attached hydrogens (primary N) is 1. The summed E-state index contributed by atoms with van der Waals surface area (Å²) in [7, 11) is 0. The van der Waals surface area contributed by atoms with Crippen LogP contribution in [-0.2, 0) is 10.3 Å². The molecule has 2 heterocycles. The smallest absolute Gasteiger partial charge is 0.271 e. The van der Waals surface area contributed by atoms with E-state index in [4.69, 9.17) is 10.5 Å². The number of carbonyl (C=O) groups excluding carboxylic acids is 1. The van der Waals surface area contributed by atoms with E-state index in [0.29, 0.717) is 31.8 Å². The molecule has 1 amide bonds. The number of benzene rings is 1. The van der Waals surface area contributed by atoms with Crippen LogP contribution in [0.25, 0.3) is 11.3 Å². The van der Waals surface area contributed by atoms with Crippen molar-refractivity contribution in [1.29, 1.82) is 0 Å². The van der Waals surface area contributed by atoms with Gasteiger partial charge in [0.25, 0.3) is 5.56 Å². The Morgan fingerprint density at radius 2 is 1.97 bits per heavy atom. The van der Waals surface area contributed by atoms with Crippen molar-refractivity contribution in [3.63, 3.8) is 0 Å². The van der Waals surface area contributed by atoms with Crippen molar-refractivity contribution >= 4 is 11.6 Å². The molecule has 3 N–H and O–H groups in total. The molecular weight excluding hydrogens is 394 g/mol. The van der Waals surface area contributed by atoms with Gasteiger partial charge in [-0.25, -0.2) is 0 Å². The lowest BCUT2D eigenvalue weighted by molar-refractivity contribution is -0.126. The molecule has 8 heteroatoms. The lowest BCUT2D eigenvalue weighted by Gasteiger charge is -2.24. The molecule has 0 saturated heterocycles. The van der Waals surface area contributed by atoms with Gasteiger partial charge in [-0.2, -0.15) is 5.10 Å². The molecule has 31 heavy (non-hydrogen) atoms. The molecule has 0 radical (unpaired) electrons. The number of nitrogens with one attached hydrogen (secondary N) is 1. The largest absolute Gasteiger partial charge is 0.492 e. The van der Waals surface area contributed by atoms with E-state index in [9.17, 15) is 9.59 Å². The van der Waals surface area contributed by atoms with Gasteiger partial charge >= 0.3 is 0 Å². The minimum Gasteiger partial charge on any atom is -0.492 e. The van der Waals surface area contributed by atoms with Gasteiger partial charge in [-0.3, -0.25) is 14.3 Å². The van der Waals surface area contributed by atoms with E-state index < -0.39 is 11.4 Å². The Labute approximate surface area is 181 Å². The van der Waals surface area contributed by atoms with Crippen LogP contribution in [0.2, 0.25) is 0 Å². The summed E-state index contributed by atoms with van der Waals surface area (Å²) in [4.78, 5) is 28.5. The molecule has 0 spiro atoms. The molecular formula is C23H29N5O3. The zero-order valence-electron chi connectivity index (χ0n) is 18.2. The van der Waals surface area contributed by atoms with Crippen LogP contribution in [0, 0.1) is 0 Å². The van der Waals surface area contributed by atoms with Crippen LogP contribution in [0.5, 0.6) is 5.75 Å². The van der Waals surface area contributed by atoms with Gasteiger partial charge in [0.05, 0.1) is 12.2 Å². The first-order chi connectivity index (χ1) is 14.9. The first-order valence-electron chi connectivity index (χ1n) is 10.4. The molecule has 3 aromatic rings. The van der Waals surface area contributed by atoms with Crippen LogP contribution in [0.15, 0.2) is 59.7 Å². The van der Waals surface area contributed by atoms with E-state index in [2.05, 4.69) is 10.1 Å². The Hall–Kier alpha value is -3.55. The van der Waals surface area contributed by atoms with Gasteiger partial charge in [-0.15, -0.1) is 0 Å². The maximum absolute atomic E-state index is 12.0. The number of hydrogen-bond donors (Lipinski definition) is 2. The quantitative estimate of drug-likeness (QED) is 0.522. The number of ether oxygens (including phenoxy) is 1. The van der Waals surface area contributed by atoms with Crippen molar-refractivity contribution in [1.82, 2.24) is 14.8 Å². The zero-order valence-corrected chi connectivity index (χ0v) is 18.2. The Balaban J connectivity index is 1.63. The van der Waals surface area contributed by atoms with Gasteiger partial charge in [0.1, 0.15) is 23.6 Å². The standard InChI is InChI=1S/C23H29N5O3/c1-4-23(3,22(24)30)28-14-12-19(26-28)17-8-10-18(11-9-17)31-16-15-27(5-2)20-7-6-13-25-21(20)29/h6-14H,4-5,15-16H2,1-3H3,(H2,24,30)(H,25,29). The molecule has 3 rings (SSSR count). The second-order valence-electron chi connectivity index (χ2n) is 7.47. The monoisotopic (exact) mass is 423 g/mol. The molecule has 2 aromatic heterocycles. The Bertz CT molecular complexity index is 1070. The van der Waals surface area contributed by atoms with Crippen molar-refractivity contribution in [2.75, 3.05) is 24.6 Å². The molecule has 8 nitrogen and oxygen atoms in total. The summed E-state index contributed by atoms with van der Waals surface area (Å²) >= 11 is 0. The van der Waals surface area contributed by atoms with Crippen LogP contribution in [0.3, 0.4) is 0 Å². The number of hydrogen-bond acceptors (Lipinski definition) is 5. The van der Waals surface area contributed by atoms with E-state index in [-0.39, 0.29) is 5.56 Å². The second kappa shape index (κ2) is 9.51. The van der Waals surface area contributed by atoms with Crippen LogP contribution >= 0.6 is 0 Å². The number of amides is 1. The molecule has 0 aliphatic rings. The highest BCUT2D eigenvalue weighted by Crippen LogP contribution is 2.25. The Morgan fingerprint density at radius 1 is 1.23 bits per heavy atom. The minimum atomic E-state index is -0.854. The van der Waals surface area contributed by atoms with Crippen molar-refractivity contribution in [3.8, 4) is 17.0 Å². The molecule has 1 atom stereocenters. The van der Waals surface area contributed by atoms with Crippen LogP contribution in [0.4, 0.5) is 5.69 Å². The highest BCUT2D eigenvalue weighted by Gasteiger charge is 2.32. The third-order valence-electron chi connectivity index (χ3n) is 5.61. The van der Waals surface area contributed by atoms with Crippen molar-refractivity contribution in [2.45, 2.75) is 32.7 Å². The number of carbonyl (C=O) groups is 1. The van der Waals surface area contributed by atoms with Gasteiger partial charge in [0.2, 0.25) is 5.91 Å². The van der Waals surface area contributed by atoms with Crippen LogP contribution in [0.1, 0.15) is 27.2 Å². The molecule has 0 aliphatic heterocycles. The summed E-state index contributed by atoms with van der Waals surface area (Å²) < 4.78 is 7.48. The van der Waals surface area contributed by atoms with E-state index in [1.165, 1.54) is 0 Å². The highest BCUT2D eigenvalue weighted by molar-refractivity contribution is 5.82. The van der Waals surface area contributed by atoms with Gasteiger partial charge in [-0.05, 0) is 62.7 Å². The maximum atomic E-state index is 12.0. The molecule has 1 unspecified atom stereocenters. The fourth-order valence-electron chi connectivity index (χ4n) is 3.31. The third kappa shape index (κ3) is 4.79. The number of aromatic nitrogens is 3. The number of primary amides is 1. The summed E-state index contributed by atoms with van der Waals surface area (Å²) in [5.74, 6) is 0.323. The number of aromatic amines is 1. The highest BCUT2D eigenvalue weighted by atomic mass is 16.5. The summed E-state index contributed by atoms with van der Waals surface area (Å²) in [5.41, 5.74) is 6.91. The number of nitrogens with zero attached hydrogens (tertiary/aromatic N) is 3. The van der Waals surface area contributed by atoms with Gasteiger partial charge < -0.3 is 20.4 Å². The van der Waals surface area contributed by atoms with E-state index in [1.54, 1.807) is 30.1 Å². The normalized spacial score (nSPS) is 12.9. The summed E-state index contributed by atoms with van der Waals surface area (Å²) in [6.07, 6.45) is 3.95. The number of anilines is 1. The number of rotatable bonds is 10. The van der Waals surface area contributed by atoms with Crippen LogP contribution < -0.4 is 20.9 Å². The van der Waals surface area contributed by atoms with Crippen LogP contribution in [-0.4, -0.2) is 40.4 Å². The molecule has 0 bridgehead atoms.